The van der Waals surface area contributed by atoms with Crippen molar-refractivity contribution < 1.29 is 94.1 Å². The van der Waals surface area contributed by atoms with Gasteiger partial charge in [-0.25, -0.2) is 0 Å². The van der Waals surface area contributed by atoms with Gasteiger partial charge in [-0.2, -0.15) is 0 Å². The Morgan fingerprint density at radius 1 is 0.685 bits per heavy atom. The smallest absolute Gasteiger partial charge is 0.197 e. The van der Waals surface area contributed by atoms with Crippen LogP contribution < -0.4 is 10.2 Å². The molecule has 2 aromatic carbocycles. The zero-order chi connectivity index (χ0) is 39.2. The highest BCUT2D eigenvalue weighted by Crippen LogP contribution is 2.46. The number of phenolic OH excluding ortho intramolecular Hbond substituents is 2. The van der Waals surface area contributed by atoms with Gasteiger partial charge in [0.25, 0.3) is 0 Å². The summed E-state index contributed by atoms with van der Waals surface area (Å²) in [6.07, 6.45) is -27.1. The molecule has 1 aromatic heterocycles. The zero-order valence-electron chi connectivity index (χ0n) is 28.4. The second-order valence-corrected chi connectivity index (χ2v) is 13.1. The fourth-order valence-electron chi connectivity index (χ4n) is 6.67. The van der Waals surface area contributed by atoms with E-state index in [-0.39, 0.29) is 11.3 Å². The van der Waals surface area contributed by atoms with Crippen molar-refractivity contribution in [1.82, 2.24) is 0 Å². The first-order valence-electron chi connectivity index (χ1n) is 16.8. The number of methoxy groups -OCH3 is 1. The third-order valence-electron chi connectivity index (χ3n) is 9.77. The molecule has 3 aromatic rings. The van der Waals surface area contributed by atoms with Gasteiger partial charge >= 0.3 is 0 Å². The van der Waals surface area contributed by atoms with E-state index in [2.05, 4.69) is 0 Å². The van der Waals surface area contributed by atoms with E-state index >= 15 is 0 Å². The molecular weight excluding hydrogens is 728 g/mol. The fourth-order valence-corrected chi connectivity index (χ4v) is 6.67. The molecule has 4 heterocycles. The number of phenols is 2. The predicted octanol–water partition coefficient (Wildman–Crippen LogP) is -3.96. The first-order chi connectivity index (χ1) is 25.7. The summed E-state index contributed by atoms with van der Waals surface area (Å²) in [6, 6.07) is 8.49. The average Bonchev–Trinajstić information content (AvgIpc) is 3.16. The Morgan fingerprint density at radius 3 is 1.85 bits per heavy atom. The zero-order valence-corrected chi connectivity index (χ0v) is 28.4. The van der Waals surface area contributed by atoms with E-state index in [4.69, 9.17) is 32.8 Å². The van der Waals surface area contributed by atoms with E-state index in [0.29, 0.717) is 11.3 Å². The Balaban J connectivity index is 1.37. The molecule has 0 radical (unpaired) electrons. The molecule has 20 nitrogen and oxygen atoms in total. The molecule has 3 aliphatic heterocycles. The summed E-state index contributed by atoms with van der Waals surface area (Å²) in [5, 5.41) is 126. The lowest BCUT2D eigenvalue weighted by atomic mass is 9.89. The SMILES string of the molecule is COc1ccc(-c2cc(=O)c3c(O)c(C4OC(COC5OC(CO)C(O)C(O)C5O)C(O)C(O)C4OC4OC(CO)C(O)C(O)C4O)c(O)cc3o2)cc1. The van der Waals surface area contributed by atoms with Gasteiger partial charge < -0.3 is 94.1 Å². The van der Waals surface area contributed by atoms with E-state index in [9.17, 15) is 66.1 Å². The molecule has 0 bridgehead atoms. The first kappa shape index (κ1) is 40.1. The van der Waals surface area contributed by atoms with Gasteiger partial charge in [0.1, 0.15) is 113 Å². The van der Waals surface area contributed by atoms with E-state index in [1.54, 1.807) is 24.3 Å². The van der Waals surface area contributed by atoms with Crippen LogP contribution in [0.2, 0.25) is 0 Å². The minimum Gasteiger partial charge on any atom is -0.507 e. The number of hydrogen-bond donors (Lipinski definition) is 12. The van der Waals surface area contributed by atoms with Crippen LogP contribution in [-0.4, -0.2) is 174 Å². The first-order valence-corrected chi connectivity index (χ1v) is 16.8. The van der Waals surface area contributed by atoms with Gasteiger partial charge in [-0.3, -0.25) is 4.79 Å². The van der Waals surface area contributed by atoms with Crippen molar-refractivity contribution in [2.24, 2.45) is 0 Å². The topological polar surface area (TPSA) is 328 Å². The Bertz CT molecular complexity index is 1800. The third kappa shape index (κ3) is 7.40. The number of aliphatic hydroxyl groups excluding tert-OH is 10. The van der Waals surface area contributed by atoms with Gasteiger partial charge in [0.05, 0.1) is 32.5 Å². The van der Waals surface area contributed by atoms with Gasteiger partial charge in [0.2, 0.25) is 0 Å². The number of aliphatic hydroxyl groups is 10. The lowest BCUT2D eigenvalue weighted by Crippen LogP contribution is -2.63. The second kappa shape index (κ2) is 16.3. The normalized spacial score (nSPS) is 37.4. The number of ether oxygens (including phenoxy) is 6. The Labute approximate surface area is 304 Å². The highest BCUT2D eigenvalue weighted by Gasteiger charge is 2.53. The van der Waals surface area contributed by atoms with Crippen LogP contribution in [0.15, 0.2) is 45.6 Å². The van der Waals surface area contributed by atoms with Crippen molar-refractivity contribution in [3.05, 3.63) is 52.2 Å². The van der Waals surface area contributed by atoms with Crippen molar-refractivity contribution in [2.75, 3.05) is 26.9 Å². The monoisotopic (exact) mass is 770 g/mol. The number of fused-ring (bicyclic) bond motifs is 1. The predicted molar refractivity (Wildman–Crippen MR) is 176 cm³/mol. The van der Waals surface area contributed by atoms with Gasteiger partial charge in [-0.05, 0) is 24.3 Å². The molecule has 3 fully saturated rings. The van der Waals surface area contributed by atoms with Crippen LogP contribution in [0.5, 0.6) is 17.2 Å². The number of benzene rings is 2. The summed E-state index contributed by atoms with van der Waals surface area (Å²) >= 11 is 0. The van der Waals surface area contributed by atoms with E-state index in [1.165, 1.54) is 7.11 Å². The van der Waals surface area contributed by atoms with Crippen LogP contribution >= 0.6 is 0 Å². The highest BCUT2D eigenvalue weighted by atomic mass is 16.7. The summed E-state index contributed by atoms with van der Waals surface area (Å²) in [6.45, 7) is -2.38. The van der Waals surface area contributed by atoms with E-state index < -0.39 is 140 Å². The van der Waals surface area contributed by atoms with E-state index in [1.807, 2.05) is 0 Å². The van der Waals surface area contributed by atoms with Crippen molar-refractivity contribution in [3.8, 4) is 28.6 Å². The van der Waals surface area contributed by atoms with Gasteiger partial charge in [0.15, 0.2) is 18.0 Å². The highest BCUT2D eigenvalue weighted by molar-refractivity contribution is 5.88. The average molecular weight is 771 g/mol. The molecule has 15 atom stereocenters. The van der Waals surface area contributed by atoms with Crippen LogP contribution in [0.3, 0.4) is 0 Å². The minimum absolute atomic E-state index is 0.0587. The molecule has 0 saturated carbocycles. The molecular formula is C34H42O20. The van der Waals surface area contributed by atoms with Crippen LogP contribution in [0.4, 0.5) is 0 Å². The number of aromatic hydroxyl groups is 2. The van der Waals surface area contributed by atoms with Crippen LogP contribution in [0, 0.1) is 0 Å². The maximum atomic E-state index is 13.5. The molecule has 6 rings (SSSR count). The van der Waals surface area contributed by atoms with E-state index in [0.717, 1.165) is 12.1 Å². The van der Waals surface area contributed by atoms with Gasteiger partial charge in [-0.15, -0.1) is 0 Å². The van der Waals surface area contributed by atoms with Crippen molar-refractivity contribution in [3.63, 3.8) is 0 Å². The number of hydrogen-bond acceptors (Lipinski definition) is 20. The minimum atomic E-state index is -2.08. The van der Waals surface area contributed by atoms with Crippen LogP contribution in [-0.2, 0) is 23.7 Å². The third-order valence-corrected chi connectivity index (χ3v) is 9.77. The molecule has 54 heavy (non-hydrogen) atoms. The van der Waals surface area contributed by atoms with Gasteiger partial charge in [0, 0.05) is 17.7 Å². The van der Waals surface area contributed by atoms with Crippen molar-refractivity contribution in [1.29, 1.82) is 0 Å². The molecule has 0 amide bonds. The maximum Gasteiger partial charge on any atom is 0.197 e. The Morgan fingerprint density at radius 2 is 1.26 bits per heavy atom. The molecule has 15 unspecified atom stereocenters. The summed E-state index contributed by atoms with van der Waals surface area (Å²) in [5.41, 5.74) is -1.21. The second-order valence-electron chi connectivity index (χ2n) is 13.1. The van der Waals surface area contributed by atoms with Crippen LogP contribution in [0.1, 0.15) is 11.7 Å². The lowest BCUT2D eigenvalue weighted by molar-refractivity contribution is -0.348. The maximum absolute atomic E-state index is 13.5. The fraction of sp³-hybridized carbons (Fsp3) is 0.559. The molecule has 20 heteroatoms. The Hall–Kier alpha value is -3.55. The lowest BCUT2D eigenvalue weighted by Gasteiger charge is -2.47. The molecule has 3 aliphatic rings. The molecule has 298 valence electrons. The molecule has 0 aliphatic carbocycles. The summed E-state index contributed by atoms with van der Waals surface area (Å²) in [4.78, 5) is 13.5. The molecule has 12 N–H and O–H groups in total. The summed E-state index contributed by atoms with van der Waals surface area (Å²) < 4.78 is 39.1. The van der Waals surface area contributed by atoms with Crippen LogP contribution in [0.25, 0.3) is 22.3 Å². The van der Waals surface area contributed by atoms with Crippen molar-refractivity contribution >= 4 is 11.0 Å². The van der Waals surface area contributed by atoms with Gasteiger partial charge in [-0.1, -0.05) is 0 Å². The quantitative estimate of drug-likeness (QED) is 0.0936. The Kier molecular flexibility index (Phi) is 12.1. The molecule has 0 spiro atoms. The number of rotatable bonds is 10. The summed E-state index contributed by atoms with van der Waals surface area (Å²) in [5.74, 6) is -1.10. The van der Waals surface area contributed by atoms with Crippen molar-refractivity contribution in [2.45, 2.75) is 91.9 Å². The largest absolute Gasteiger partial charge is 0.507 e. The summed E-state index contributed by atoms with van der Waals surface area (Å²) in [7, 11) is 1.47. The molecule has 3 saturated heterocycles. The standard InChI is InChI=1S/C34H42O20/c1-48-12-4-2-11(3-5-12)15-6-13(37)20-16(50-15)7-14(38)21(25(20)42)31-32(54-34-30(47)27(44)23(40)18(9-36)53-34)28(45)24(41)19(51-31)10-49-33-29(46)26(43)22(39)17(8-35)52-33/h2-7,17-19,22-24,26-36,38-47H,8-10H2,1H3.